The van der Waals surface area contributed by atoms with Crippen molar-refractivity contribution < 1.29 is 21.6 Å². The molecule has 0 aliphatic carbocycles. The van der Waals surface area contributed by atoms with Gasteiger partial charge in [0, 0.05) is 26.4 Å². The van der Waals surface area contributed by atoms with E-state index in [-0.39, 0.29) is 5.75 Å². The Bertz CT molecular complexity index is 861. The maximum Gasteiger partial charge on any atom is 0.416 e. The molecule has 0 atom stereocenters. The Hall–Kier alpha value is -1.26. The highest BCUT2D eigenvalue weighted by molar-refractivity contribution is 7.99. The fourth-order valence-electron chi connectivity index (χ4n) is 2.41. The first-order valence-electron chi connectivity index (χ1n) is 8.16. The lowest BCUT2D eigenvalue weighted by molar-refractivity contribution is -0.137. The Kier molecular flexibility index (Phi) is 6.62. The molecule has 1 aromatic carbocycles. The van der Waals surface area contributed by atoms with Gasteiger partial charge in [-0.2, -0.15) is 13.2 Å². The molecule has 0 radical (unpaired) electrons. The van der Waals surface area contributed by atoms with Crippen LogP contribution in [0, 0.1) is 0 Å². The number of nitrogens with zero attached hydrogens (tertiary/aromatic N) is 3. The third kappa shape index (κ3) is 4.92. The van der Waals surface area contributed by atoms with Gasteiger partial charge in [-0.1, -0.05) is 18.7 Å². The van der Waals surface area contributed by atoms with Crippen molar-refractivity contribution in [2.24, 2.45) is 0 Å². The second-order valence-electron chi connectivity index (χ2n) is 6.05. The summed E-state index contributed by atoms with van der Waals surface area (Å²) in [5, 5.41) is 0.614. The number of halogens is 3. The average molecular weight is 409 g/mol. The van der Waals surface area contributed by atoms with E-state index in [9.17, 15) is 21.6 Å². The molecular weight excluding hydrogens is 387 g/mol. The molecule has 0 bridgehead atoms. The normalized spacial score (nSPS) is 13.0. The molecule has 0 N–H and O–H groups in total. The van der Waals surface area contributed by atoms with Crippen LogP contribution < -0.4 is 0 Å². The predicted octanol–water partition coefficient (Wildman–Crippen LogP) is 3.84. The molecule has 0 amide bonds. The van der Waals surface area contributed by atoms with Gasteiger partial charge in [-0.3, -0.25) is 0 Å². The van der Waals surface area contributed by atoms with Gasteiger partial charge in [-0.15, -0.1) is 0 Å². The molecule has 2 rings (SSSR count). The van der Waals surface area contributed by atoms with Gasteiger partial charge in [-0.25, -0.2) is 17.7 Å². The maximum atomic E-state index is 13.0. The summed E-state index contributed by atoms with van der Waals surface area (Å²) in [6.07, 6.45) is -3.21. The zero-order valence-corrected chi connectivity index (χ0v) is 16.5. The number of hydrogen-bond acceptors (Lipinski definition) is 4. The van der Waals surface area contributed by atoms with Crippen LogP contribution in [0.2, 0.25) is 0 Å². The molecule has 10 heteroatoms. The fourth-order valence-corrected chi connectivity index (χ4v) is 4.45. The summed E-state index contributed by atoms with van der Waals surface area (Å²) in [6.45, 7) is 2.49. The van der Waals surface area contributed by atoms with Crippen LogP contribution in [0.5, 0.6) is 0 Å². The molecule has 0 spiro atoms. The number of thioether (sulfide) groups is 1. The van der Waals surface area contributed by atoms with E-state index in [4.69, 9.17) is 0 Å². The Morgan fingerprint density at radius 2 is 1.96 bits per heavy atom. The number of fused-ring (bicyclic) bond motifs is 1. The molecule has 2 aromatic rings. The van der Waals surface area contributed by atoms with Gasteiger partial charge in [0.05, 0.1) is 22.3 Å². The number of benzene rings is 1. The average Bonchev–Trinajstić information content (AvgIpc) is 2.88. The van der Waals surface area contributed by atoms with Crippen molar-refractivity contribution >= 4 is 32.8 Å². The minimum atomic E-state index is -4.40. The largest absolute Gasteiger partial charge is 0.416 e. The highest BCUT2D eigenvalue weighted by Gasteiger charge is 2.31. The first-order valence-corrected chi connectivity index (χ1v) is 10.8. The molecule has 0 aliphatic rings. The first-order chi connectivity index (χ1) is 12.1. The summed E-state index contributed by atoms with van der Waals surface area (Å²) < 4.78 is 65.4. The Balaban J connectivity index is 2.20. The molecule has 1 aromatic heterocycles. The second-order valence-corrected chi connectivity index (χ2v) is 9.41. The number of aromatic nitrogens is 2. The Morgan fingerprint density at radius 3 is 2.54 bits per heavy atom. The molecule has 146 valence electrons. The van der Waals surface area contributed by atoms with E-state index in [1.54, 1.807) is 4.57 Å². The van der Waals surface area contributed by atoms with Crippen LogP contribution in [0.25, 0.3) is 11.0 Å². The van der Waals surface area contributed by atoms with Gasteiger partial charge in [0.2, 0.25) is 10.0 Å². The number of sulfonamides is 1. The maximum absolute atomic E-state index is 13.0. The van der Waals surface area contributed by atoms with E-state index in [1.807, 2.05) is 6.92 Å². The molecule has 0 aliphatic heterocycles. The summed E-state index contributed by atoms with van der Waals surface area (Å²) in [7, 11) is -0.277. The van der Waals surface area contributed by atoms with Gasteiger partial charge < -0.3 is 4.57 Å². The molecule has 0 saturated heterocycles. The lowest BCUT2D eigenvalue weighted by atomic mass is 10.2. The molecule has 5 nitrogen and oxygen atoms in total. The molecule has 0 unspecified atom stereocenters. The smallest absolute Gasteiger partial charge is 0.319 e. The van der Waals surface area contributed by atoms with Crippen LogP contribution in [0.15, 0.2) is 23.4 Å². The van der Waals surface area contributed by atoms with Crippen LogP contribution in [-0.4, -0.2) is 47.9 Å². The third-order valence-electron chi connectivity index (χ3n) is 3.82. The van der Waals surface area contributed by atoms with E-state index in [2.05, 4.69) is 4.98 Å². The molecule has 1 heterocycles. The van der Waals surface area contributed by atoms with Gasteiger partial charge in [-0.05, 0) is 31.0 Å². The SMILES string of the molecule is CCCn1c(SCCCS(=O)(=O)N(C)C)nc2ccc(C(F)(F)F)cc21. The molecule has 26 heavy (non-hydrogen) atoms. The predicted molar refractivity (Wildman–Crippen MR) is 97.8 cm³/mol. The lowest BCUT2D eigenvalue weighted by Gasteiger charge is -2.11. The van der Waals surface area contributed by atoms with Crippen LogP contribution >= 0.6 is 11.8 Å². The molecule has 0 saturated carbocycles. The molecular formula is C16H22F3N3O2S2. The van der Waals surface area contributed by atoms with E-state index in [1.165, 1.54) is 36.2 Å². The number of imidazole rings is 1. The summed E-state index contributed by atoms with van der Waals surface area (Å²) in [5.74, 6) is 0.547. The van der Waals surface area contributed by atoms with Crippen LogP contribution in [0.3, 0.4) is 0 Å². The lowest BCUT2D eigenvalue weighted by Crippen LogP contribution is -2.25. The molecule has 0 fully saturated rings. The summed E-state index contributed by atoms with van der Waals surface area (Å²) in [4.78, 5) is 4.42. The topological polar surface area (TPSA) is 55.2 Å². The third-order valence-corrected chi connectivity index (χ3v) is 6.80. The standard InChI is InChI=1S/C16H22F3N3O2S2/c1-4-8-22-14-11-12(16(17,18)19)6-7-13(14)20-15(22)25-9-5-10-26(23,24)21(2)3/h6-7,11H,4-5,8-10H2,1-3H3. The second kappa shape index (κ2) is 8.18. The van der Waals surface area contributed by atoms with Crippen LogP contribution in [0.4, 0.5) is 13.2 Å². The van der Waals surface area contributed by atoms with E-state index >= 15 is 0 Å². The van der Waals surface area contributed by atoms with Crippen molar-refractivity contribution in [2.75, 3.05) is 25.6 Å². The zero-order chi connectivity index (χ0) is 19.5. The first kappa shape index (κ1) is 21.0. The number of hydrogen-bond donors (Lipinski definition) is 0. The highest BCUT2D eigenvalue weighted by atomic mass is 32.2. The number of alkyl halides is 3. The Labute approximate surface area is 155 Å². The van der Waals surface area contributed by atoms with E-state index < -0.39 is 21.8 Å². The highest BCUT2D eigenvalue weighted by Crippen LogP contribution is 2.33. The fraction of sp³-hybridized carbons (Fsp3) is 0.562. The van der Waals surface area contributed by atoms with Crippen LogP contribution in [-0.2, 0) is 22.7 Å². The van der Waals surface area contributed by atoms with Crippen molar-refractivity contribution in [1.29, 1.82) is 0 Å². The van der Waals surface area contributed by atoms with Crippen molar-refractivity contribution in [3.63, 3.8) is 0 Å². The van der Waals surface area contributed by atoms with Crippen molar-refractivity contribution in [2.45, 2.75) is 37.6 Å². The van der Waals surface area contributed by atoms with Gasteiger partial charge in [0.25, 0.3) is 0 Å². The quantitative estimate of drug-likeness (QED) is 0.491. The monoisotopic (exact) mass is 409 g/mol. The zero-order valence-electron chi connectivity index (χ0n) is 14.9. The van der Waals surface area contributed by atoms with Crippen LogP contribution in [0.1, 0.15) is 25.3 Å². The van der Waals surface area contributed by atoms with Gasteiger partial charge in [0.1, 0.15) is 0 Å². The van der Waals surface area contributed by atoms with E-state index in [0.29, 0.717) is 34.9 Å². The van der Waals surface area contributed by atoms with Gasteiger partial charge in [0.15, 0.2) is 5.16 Å². The van der Waals surface area contributed by atoms with Crippen molar-refractivity contribution in [1.82, 2.24) is 13.9 Å². The summed E-state index contributed by atoms with van der Waals surface area (Å²) >= 11 is 1.37. The van der Waals surface area contributed by atoms with Crippen molar-refractivity contribution in [3.8, 4) is 0 Å². The van der Waals surface area contributed by atoms with Crippen molar-refractivity contribution in [3.05, 3.63) is 23.8 Å². The number of aryl methyl sites for hydroxylation is 1. The summed E-state index contributed by atoms with van der Waals surface area (Å²) in [6, 6.07) is 3.53. The Morgan fingerprint density at radius 1 is 1.27 bits per heavy atom. The minimum absolute atomic E-state index is 0.0270. The summed E-state index contributed by atoms with van der Waals surface area (Å²) in [5.41, 5.74) is 0.260. The minimum Gasteiger partial charge on any atom is -0.319 e. The number of rotatable bonds is 8. The van der Waals surface area contributed by atoms with Gasteiger partial charge >= 0.3 is 6.18 Å². The van der Waals surface area contributed by atoms with E-state index in [0.717, 1.165) is 18.6 Å².